The minimum Gasteiger partial charge on any atom is -0.490 e. The molecule has 5 rings (SSSR count). The Hall–Kier alpha value is -2.98. The zero-order chi connectivity index (χ0) is 28.8. The minimum absolute atomic E-state index is 0.0118. The van der Waals surface area contributed by atoms with Gasteiger partial charge in [-0.15, -0.1) is 0 Å². The number of ether oxygens (including phenoxy) is 1. The first-order valence-corrected chi connectivity index (χ1v) is 13.7. The van der Waals surface area contributed by atoms with Crippen LogP contribution in [0.1, 0.15) is 67.3 Å². The predicted octanol–water partition coefficient (Wildman–Crippen LogP) is 7.32. The van der Waals surface area contributed by atoms with Gasteiger partial charge < -0.3 is 14.7 Å². The largest absolute Gasteiger partial charge is 0.490 e. The molecule has 2 aromatic carbocycles. The highest BCUT2D eigenvalue weighted by Crippen LogP contribution is 2.45. The van der Waals surface area contributed by atoms with Gasteiger partial charge in [0.1, 0.15) is 11.3 Å². The van der Waals surface area contributed by atoms with Crippen molar-refractivity contribution >= 4 is 22.6 Å². The summed E-state index contributed by atoms with van der Waals surface area (Å²) in [6, 6.07) is 6.62. The maximum absolute atomic E-state index is 14.2. The Balaban J connectivity index is 1.34. The molecule has 1 saturated heterocycles. The molecule has 0 radical (unpaired) electrons. The molecule has 0 spiro atoms. The van der Waals surface area contributed by atoms with Gasteiger partial charge in [0.05, 0.1) is 17.9 Å². The Kier molecular flexibility index (Phi) is 7.69. The normalized spacial score (nSPS) is 27.8. The van der Waals surface area contributed by atoms with Gasteiger partial charge in [0.15, 0.2) is 0 Å². The number of piperidine rings is 1. The van der Waals surface area contributed by atoms with Gasteiger partial charge in [-0.1, -0.05) is 18.6 Å². The average molecular weight is 572 g/mol. The van der Waals surface area contributed by atoms with Crippen LogP contribution < -0.4 is 4.74 Å². The molecule has 0 aromatic heterocycles. The number of aliphatic carboxylic acids is 1. The van der Waals surface area contributed by atoms with Crippen molar-refractivity contribution in [2.24, 2.45) is 23.7 Å². The van der Waals surface area contributed by atoms with E-state index in [1.54, 1.807) is 4.90 Å². The smallest absolute Gasteiger partial charge is 0.420 e. The third kappa shape index (κ3) is 5.74. The molecule has 2 aliphatic carbocycles. The van der Waals surface area contributed by atoms with Gasteiger partial charge in [-0.2, -0.15) is 26.3 Å². The molecule has 1 aliphatic heterocycles. The summed E-state index contributed by atoms with van der Waals surface area (Å²) in [6.45, 7) is 0.807. The predicted molar refractivity (Wildman–Crippen MR) is 134 cm³/mol. The van der Waals surface area contributed by atoms with Crippen LogP contribution in [0.2, 0.25) is 0 Å². The van der Waals surface area contributed by atoms with Gasteiger partial charge in [0.25, 0.3) is 5.91 Å². The summed E-state index contributed by atoms with van der Waals surface area (Å²) in [7, 11) is 0. The lowest BCUT2D eigenvalue weighted by Gasteiger charge is -2.44. The van der Waals surface area contributed by atoms with E-state index in [9.17, 15) is 41.0 Å². The van der Waals surface area contributed by atoms with Crippen molar-refractivity contribution in [3.05, 3.63) is 41.5 Å². The van der Waals surface area contributed by atoms with Crippen LogP contribution in [0.5, 0.6) is 5.75 Å². The number of nitrogens with zero attached hydrogens (tertiary/aromatic N) is 1. The van der Waals surface area contributed by atoms with E-state index >= 15 is 0 Å². The molecule has 3 aliphatic rings. The zero-order valence-corrected chi connectivity index (χ0v) is 21.7. The highest BCUT2D eigenvalue weighted by atomic mass is 19.4. The molecule has 3 fully saturated rings. The van der Waals surface area contributed by atoms with Crippen LogP contribution in [0, 0.1) is 23.7 Å². The van der Waals surface area contributed by atoms with Gasteiger partial charge in [-0.05, 0) is 85.8 Å². The third-order valence-corrected chi connectivity index (χ3v) is 8.95. The zero-order valence-electron chi connectivity index (χ0n) is 21.7. The van der Waals surface area contributed by atoms with E-state index in [1.165, 1.54) is 30.3 Å². The second-order valence-electron chi connectivity index (χ2n) is 11.3. The van der Waals surface area contributed by atoms with Crippen molar-refractivity contribution in [3.63, 3.8) is 0 Å². The summed E-state index contributed by atoms with van der Waals surface area (Å²) in [5, 5.41) is 9.60. The van der Waals surface area contributed by atoms with E-state index in [0.29, 0.717) is 25.9 Å². The summed E-state index contributed by atoms with van der Waals surface area (Å²) >= 11 is 0. The number of hydrogen-bond acceptors (Lipinski definition) is 3. The Morgan fingerprint density at radius 3 is 2.27 bits per heavy atom. The van der Waals surface area contributed by atoms with Crippen LogP contribution in [0.25, 0.3) is 10.8 Å². The Morgan fingerprint density at radius 2 is 1.62 bits per heavy atom. The van der Waals surface area contributed by atoms with Crippen LogP contribution in [-0.4, -0.2) is 47.3 Å². The number of amides is 1. The van der Waals surface area contributed by atoms with E-state index in [4.69, 9.17) is 4.74 Å². The van der Waals surface area contributed by atoms with Crippen LogP contribution in [-0.2, 0) is 11.0 Å². The second kappa shape index (κ2) is 10.8. The maximum atomic E-state index is 14.2. The standard InChI is InChI=1S/C29H31F6NO4/c30-28(31,32)19-6-8-20(9-7-19)40-24-11-5-16-14-17(4-10-22(16)25(24)29(33,34)35)26(37)36-13-12-21-18(15-36)2-1-3-23(21)27(38)39/h4-5,10-11,14,18-21,23H,1-3,6-9,12-13,15H2,(H,38,39)/t18?,19-,20+,21?,23?. The summed E-state index contributed by atoms with van der Waals surface area (Å²) in [5.74, 6) is -3.33. The number of carboxylic acids is 1. The number of carbonyl (C=O) groups excluding carboxylic acids is 1. The average Bonchev–Trinajstić information content (AvgIpc) is 2.90. The van der Waals surface area contributed by atoms with Gasteiger partial charge in [0, 0.05) is 18.7 Å². The first kappa shape index (κ1) is 28.5. The molecule has 218 valence electrons. The molecule has 2 saturated carbocycles. The molecule has 5 nitrogen and oxygen atoms in total. The van der Waals surface area contributed by atoms with Crippen LogP contribution in [0.3, 0.4) is 0 Å². The first-order valence-electron chi connectivity index (χ1n) is 13.7. The summed E-state index contributed by atoms with van der Waals surface area (Å²) in [5.41, 5.74) is -0.770. The lowest BCUT2D eigenvalue weighted by molar-refractivity contribution is -0.185. The van der Waals surface area contributed by atoms with E-state index in [1.807, 2.05) is 0 Å². The number of carboxylic acid groups (broad SMARTS) is 1. The van der Waals surface area contributed by atoms with Crippen molar-refractivity contribution in [1.29, 1.82) is 0 Å². The summed E-state index contributed by atoms with van der Waals surface area (Å²) in [4.78, 5) is 26.6. The van der Waals surface area contributed by atoms with Crippen molar-refractivity contribution < 1.29 is 45.8 Å². The molecule has 1 amide bonds. The molecular formula is C29H31F6NO4. The van der Waals surface area contributed by atoms with E-state index in [-0.39, 0.29) is 59.8 Å². The van der Waals surface area contributed by atoms with Crippen LogP contribution >= 0.6 is 0 Å². The summed E-state index contributed by atoms with van der Waals surface area (Å²) in [6.07, 6.45) is -7.39. The Bertz CT molecular complexity index is 1270. The molecule has 11 heteroatoms. The number of likely N-dealkylation sites (tertiary alicyclic amines) is 1. The molecule has 1 heterocycles. The number of alkyl halides is 6. The number of fused-ring (bicyclic) bond motifs is 2. The molecule has 0 bridgehead atoms. The number of benzene rings is 2. The Labute approximate surface area is 227 Å². The number of halogens is 6. The van der Waals surface area contributed by atoms with Crippen molar-refractivity contribution in [1.82, 2.24) is 4.90 Å². The second-order valence-corrected chi connectivity index (χ2v) is 11.3. The fraction of sp³-hybridized carbons (Fsp3) is 0.586. The molecule has 2 aromatic rings. The SMILES string of the molecule is O=C(O)C1CCCC2CN(C(=O)c3ccc4c(C(F)(F)F)c(O[C@H]5CC[C@@H](C(F)(F)F)CC5)ccc4c3)CCC21. The topological polar surface area (TPSA) is 66.8 Å². The summed E-state index contributed by atoms with van der Waals surface area (Å²) < 4.78 is 87.2. The van der Waals surface area contributed by atoms with Crippen molar-refractivity contribution in [2.45, 2.75) is 69.8 Å². The highest BCUT2D eigenvalue weighted by molar-refractivity contribution is 6.00. The lowest BCUT2D eigenvalue weighted by atomic mass is 9.68. The quantitative estimate of drug-likeness (QED) is 0.391. The van der Waals surface area contributed by atoms with Gasteiger partial charge in [-0.25, -0.2) is 0 Å². The van der Waals surface area contributed by atoms with Crippen molar-refractivity contribution in [2.75, 3.05) is 13.1 Å². The number of rotatable bonds is 4. The third-order valence-electron chi connectivity index (χ3n) is 8.95. The van der Waals surface area contributed by atoms with Gasteiger partial charge in [0.2, 0.25) is 0 Å². The minimum atomic E-state index is -4.78. The Morgan fingerprint density at radius 1 is 0.900 bits per heavy atom. The van der Waals surface area contributed by atoms with Crippen molar-refractivity contribution in [3.8, 4) is 5.75 Å². The molecular weight excluding hydrogens is 540 g/mol. The van der Waals surface area contributed by atoms with Gasteiger partial charge >= 0.3 is 18.3 Å². The van der Waals surface area contributed by atoms with Gasteiger partial charge in [-0.3, -0.25) is 9.59 Å². The fourth-order valence-electron chi connectivity index (χ4n) is 6.89. The number of hydrogen-bond donors (Lipinski definition) is 1. The highest BCUT2D eigenvalue weighted by Gasteiger charge is 2.44. The molecule has 1 N–H and O–H groups in total. The van der Waals surface area contributed by atoms with Crippen LogP contribution in [0.15, 0.2) is 30.3 Å². The monoisotopic (exact) mass is 571 g/mol. The lowest BCUT2D eigenvalue weighted by Crippen LogP contribution is -2.48. The van der Waals surface area contributed by atoms with E-state index in [2.05, 4.69) is 0 Å². The first-order chi connectivity index (χ1) is 18.8. The van der Waals surface area contributed by atoms with E-state index in [0.717, 1.165) is 12.8 Å². The molecule has 3 unspecified atom stereocenters. The molecule has 3 atom stereocenters. The van der Waals surface area contributed by atoms with E-state index < -0.39 is 47.6 Å². The van der Waals surface area contributed by atoms with Crippen LogP contribution in [0.4, 0.5) is 26.3 Å². The molecule has 40 heavy (non-hydrogen) atoms. The fourth-order valence-corrected chi connectivity index (χ4v) is 6.89. The number of carbonyl (C=O) groups is 2. The maximum Gasteiger partial charge on any atom is 0.420 e.